The van der Waals surface area contributed by atoms with Crippen LogP contribution in [-0.4, -0.2) is 22.9 Å². The summed E-state index contributed by atoms with van der Waals surface area (Å²) in [5.41, 5.74) is 4.35. The molecule has 0 fully saturated rings. The Morgan fingerprint density at radius 3 is 2.58 bits per heavy atom. The standard InChI is InChI=1S/C21H22N2O3/c1-5-16-13-20(23(22-16)18-11-10-14(2)12-15(18)3)26-21(24)17-8-6-7-9-19(17)25-4/h6-13H,5H2,1-4H3. The first-order chi connectivity index (χ1) is 12.5. The van der Waals surface area contributed by atoms with E-state index in [1.165, 1.54) is 12.7 Å². The highest BCUT2D eigenvalue weighted by Gasteiger charge is 2.19. The van der Waals surface area contributed by atoms with E-state index < -0.39 is 5.97 Å². The molecule has 0 saturated carbocycles. The normalized spacial score (nSPS) is 10.6. The molecule has 1 aromatic heterocycles. The van der Waals surface area contributed by atoms with Crippen molar-refractivity contribution in [3.63, 3.8) is 0 Å². The fourth-order valence-corrected chi connectivity index (χ4v) is 2.83. The Labute approximate surface area is 153 Å². The minimum absolute atomic E-state index is 0.376. The summed E-state index contributed by atoms with van der Waals surface area (Å²) in [6.45, 7) is 6.07. The predicted molar refractivity (Wildman–Crippen MR) is 100 cm³/mol. The van der Waals surface area contributed by atoms with E-state index in [4.69, 9.17) is 9.47 Å². The molecule has 1 heterocycles. The predicted octanol–water partition coefficient (Wildman–Crippen LogP) is 4.28. The van der Waals surface area contributed by atoms with Gasteiger partial charge in [-0.1, -0.05) is 36.8 Å². The second kappa shape index (κ2) is 7.44. The zero-order valence-corrected chi connectivity index (χ0v) is 15.4. The summed E-state index contributed by atoms with van der Waals surface area (Å²) in [4.78, 5) is 12.7. The number of rotatable bonds is 5. The molecular weight excluding hydrogens is 328 g/mol. The Morgan fingerprint density at radius 2 is 1.88 bits per heavy atom. The van der Waals surface area contributed by atoms with Gasteiger partial charge in [-0.05, 0) is 44.0 Å². The van der Waals surface area contributed by atoms with Gasteiger partial charge in [0.15, 0.2) is 0 Å². The molecule has 26 heavy (non-hydrogen) atoms. The number of methoxy groups -OCH3 is 1. The number of para-hydroxylation sites is 1. The minimum Gasteiger partial charge on any atom is -0.496 e. The van der Waals surface area contributed by atoms with Crippen molar-refractivity contribution in [3.8, 4) is 17.3 Å². The monoisotopic (exact) mass is 350 g/mol. The van der Waals surface area contributed by atoms with E-state index in [-0.39, 0.29) is 0 Å². The van der Waals surface area contributed by atoms with Crippen molar-refractivity contribution in [1.82, 2.24) is 9.78 Å². The van der Waals surface area contributed by atoms with E-state index in [1.54, 1.807) is 28.9 Å². The molecule has 0 unspecified atom stereocenters. The summed E-state index contributed by atoms with van der Waals surface area (Å²) in [5, 5.41) is 4.59. The van der Waals surface area contributed by atoms with Gasteiger partial charge in [-0.2, -0.15) is 5.10 Å². The summed E-state index contributed by atoms with van der Waals surface area (Å²) in [6, 6.07) is 14.9. The molecule has 5 nitrogen and oxygen atoms in total. The van der Waals surface area contributed by atoms with Gasteiger partial charge in [0.2, 0.25) is 5.88 Å². The summed E-state index contributed by atoms with van der Waals surface area (Å²) >= 11 is 0. The van der Waals surface area contributed by atoms with Crippen molar-refractivity contribution < 1.29 is 14.3 Å². The molecule has 0 radical (unpaired) electrons. The van der Waals surface area contributed by atoms with Crippen molar-refractivity contribution in [2.24, 2.45) is 0 Å². The molecule has 0 N–H and O–H groups in total. The zero-order chi connectivity index (χ0) is 18.7. The van der Waals surface area contributed by atoms with Gasteiger partial charge in [-0.25, -0.2) is 9.48 Å². The SMILES string of the molecule is CCc1cc(OC(=O)c2ccccc2OC)n(-c2ccc(C)cc2C)n1. The van der Waals surface area contributed by atoms with Crippen LogP contribution in [0, 0.1) is 13.8 Å². The quantitative estimate of drug-likeness (QED) is 0.645. The first-order valence-electron chi connectivity index (χ1n) is 8.55. The van der Waals surface area contributed by atoms with Gasteiger partial charge >= 0.3 is 5.97 Å². The fraction of sp³-hybridized carbons (Fsp3) is 0.238. The minimum atomic E-state index is -0.476. The molecule has 3 aromatic rings. The number of carbonyl (C=O) groups is 1. The van der Waals surface area contributed by atoms with Gasteiger partial charge < -0.3 is 9.47 Å². The van der Waals surface area contributed by atoms with Crippen LogP contribution in [0.1, 0.15) is 34.1 Å². The van der Waals surface area contributed by atoms with Gasteiger partial charge in [0.1, 0.15) is 11.3 Å². The first kappa shape index (κ1) is 17.7. The van der Waals surface area contributed by atoms with Crippen molar-refractivity contribution >= 4 is 5.97 Å². The molecule has 2 aromatic carbocycles. The largest absolute Gasteiger partial charge is 0.496 e. The van der Waals surface area contributed by atoms with Crippen LogP contribution in [0.25, 0.3) is 5.69 Å². The molecule has 0 amide bonds. The summed E-state index contributed by atoms with van der Waals surface area (Å²) < 4.78 is 12.6. The molecule has 5 heteroatoms. The number of ether oxygens (including phenoxy) is 2. The van der Waals surface area contributed by atoms with E-state index in [0.717, 1.165) is 23.4 Å². The maximum atomic E-state index is 12.7. The van der Waals surface area contributed by atoms with Crippen molar-refractivity contribution in [1.29, 1.82) is 0 Å². The number of esters is 1. The lowest BCUT2D eigenvalue weighted by atomic mass is 10.1. The Bertz CT molecular complexity index is 944. The number of benzene rings is 2. The summed E-state index contributed by atoms with van der Waals surface area (Å²) in [6.07, 6.45) is 0.747. The Kier molecular flexibility index (Phi) is 5.07. The first-order valence-corrected chi connectivity index (χ1v) is 8.55. The van der Waals surface area contributed by atoms with Gasteiger partial charge in [-0.3, -0.25) is 0 Å². The van der Waals surface area contributed by atoms with E-state index in [0.29, 0.717) is 17.2 Å². The van der Waals surface area contributed by atoms with Crippen molar-refractivity contribution in [3.05, 3.63) is 70.9 Å². The number of hydrogen-bond donors (Lipinski definition) is 0. The van der Waals surface area contributed by atoms with E-state index in [2.05, 4.69) is 11.2 Å². The molecule has 0 spiro atoms. The Hall–Kier alpha value is -3.08. The van der Waals surface area contributed by atoms with Crippen LogP contribution in [0.5, 0.6) is 11.6 Å². The lowest BCUT2D eigenvalue weighted by Gasteiger charge is -2.12. The number of aromatic nitrogens is 2. The van der Waals surface area contributed by atoms with Crippen LogP contribution < -0.4 is 9.47 Å². The average Bonchev–Trinajstić information content (AvgIpc) is 3.04. The Balaban J connectivity index is 2.00. The van der Waals surface area contributed by atoms with Gasteiger partial charge in [0.25, 0.3) is 0 Å². The second-order valence-corrected chi connectivity index (χ2v) is 6.12. The lowest BCUT2D eigenvalue weighted by molar-refractivity contribution is 0.0719. The second-order valence-electron chi connectivity index (χ2n) is 6.12. The third-order valence-electron chi connectivity index (χ3n) is 4.19. The number of hydrogen-bond acceptors (Lipinski definition) is 4. The van der Waals surface area contributed by atoms with Crippen molar-refractivity contribution in [2.75, 3.05) is 7.11 Å². The van der Waals surface area contributed by atoms with Crippen LogP contribution in [0.4, 0.5) is 0 Å². The van der Waals surface area contributed by atoms with Crippen molar-refractivity contribution in [2.45, 2.75) is 27.2 Å². The average molecular weight is 350 g/mol. The molecule has 134 valence electrons. The molecular formula is C21H22N2O3. The molecule has 0 aliphatic carbocycles. The molecule has 0 aliphatic heterocycles. The fourth-order valence-electron chi connectivity index (χ4n) is 2.83. The third kappa shape index (κ3) is 3.47. The number of aryl methyl sites for hydroxylation is 3. The maximum Gasteiger partial charge on any atom is 0.348 e. The molecule has 0 bridgehead atoms. The number of carbonyl (C=O) groups excluding carboxylic acids is 1. The van der Waals surface area contributed by atoms with Gasteiger partial charge in [0, 0.05) is 6.07 Å². The maximum absolute atomic E-state index is 12.7. The van der Waals surface area contributed by atoms with Crippen LogP contribution >= 0.6 is 0 Å². The smallest absolute Gasteiger partial charge is 0.348 e. The summed E-state index contributed by atoms with van der Waals surface area (Å²) in [5.74, 6) is 0.395. The van der Waals surface area contributed by atoms with Gasteiger partial charge in [0.05, 0.1) is 18.5 Å². The van der Waals surface area contributed by atoms with E-state index in [9.17, 15) is 4.79 Å². The van der Waals surface area contributed by atoms with Crippen LogP contribution in [0.2, 0.25) is 0 Å². The highest BCUT2D eigenvalue weighted by atomic mass is 16.5. The lowest BCUT2D eigenvalue weighted by Crippen LogP contribution is -2.13. The zero-order valence-electron chi connectivity index (χ0n) is 15.4. The molecule has 0 saturated heterocycles. The summed E-state index contributed by atoms with van der Waals surface area (Å²) in [7, 11) is 1.53. The highest BCUT2D eigenvalue weighted by molar-refractivity contribution is 5.93. The third-order valence-corrected chi connectivity index (χ3v) is 4.19. The molecule has 0 aliphatic rings. The Morgan fingerprint density at radius 1 is 1.12 bits per heavy atom. The van der Waals surface area contributed by atoms with E-state index in [1.807, 2.05) is 39.0 Å². The molecule has 3 rings (SSSR count). The van der Waals surface area contributed by atoms with Crippen LogP contribution in [0.15, 0.2) is 48.5 Å². The van der Waals surface area contributed by atoms with Gasteiger partial charge in [-0.15, -0.1) is 0 Å². The van der Waals surface area contributed by atoms with Crippen LogP contribution in [-0.2, 0) is 6.42 Å². The molecule has 0 atom stereocenters. The van der Waals surface area contributed by atoms with E-state index >= 15 is 0 Å². The number of nitrogens with zero attached hydrogens (tertiary/aromatic N) is 2. The highest BCUT2D eigenvalue weighted by Crippen LogP contribution is 2.25. The van der Waals surface area contributed by atoms with Crippen LogP contribution in [0.3, 0.4) is 0 Å². The topological polar surface area (TPSA) is 53.4 Å².